The third-order valence-electron chi connectivity index (χ3n) is 4.91. The molecule has 1 aromatic carbocycles. The number of hydrogen-bond donors (Lipinski definition) is 2. The standard InChI is InChI=1S/C19H26N2O2/c22-18(9-10-19(23)21-17-6-3-11-20-13-17)16-8-7-14-4-1-2-5-15(14)12-16/h7-8,12,17,20H,1-6,9-11,13H2,(H,21,23)/t17-/m0/s1. The number of piperidine rings is 1. The Morgan fingerprint density at radius 3 is 2.70 bits per heavy atom. The first-order valence-corrected chi connectivity index (χ1v) is 8.87. The molecule has 0 bridgehead atoms. The Hall–Kier alpha value is -1.68. The molecule has 0 aromatic heterocycles. The summed E-state index contributed by atoms with van der Waals surface area (Å²) in [6, 6.07) is 6.28. The van der Waals surface area contributed by atoms with Crippen molar-refractivity contribution in [2.45, 2.75) is 57.4 Å². The van der Waals surface area contributed by atoms with Gasteiger partial charge >= 0.3 is 0 Å². The third-order valence-corrected chi connectivity index (χ3v) is 4.91. The lowest BCUT2D eigenvalue weighted by atomic mass is 9.89. The summed E-state index contributed by atoms with van der Waals surface area (Å²) in [6.07, 6.45) is 7.36. The van der Waals surface area contributed by atoms with Gasteiger partial charge in [0.25, 0.3) is 0 Å². The van der Waals surface area contributed by atoms with E-state index >= 15 is 0 Å². The van der Waals surface area contributed by atoms with Crippen LogP contribution >= 0.6 is 0 Å². The molecule has 1 aromatic rings. The molecule has 1 amide bonds. The van der Waals surface area contributed by atoms with Crippen molar-refractivity contribution in [3.05, 3.63) is 34.9 Å². The number of amides is 1. The van der Waals surface area contributed by atoms with E-state index in [4.69, 9.17) is 0 Å². The molecule has 2 N–H and O–H groups in total. The van der Waals surface area contributed by atoms with E-state index in [1.807, 2.05) is 12.1 Å². The highest BCUT2D eigenvalue weighted by molar-refractivity contribution is 5.98. The van der Waals surface area contributed by atoms with Crippen LogP contribution in [0.2, 0.25) is 0 Å². The average Bonchev–Trinajstić information content (AvgIpc) is 2.60. The Morgan fingerprint density at radius 2 is 1.91 bits per heavy atom. The fourth-order valence-corrected chi connectivity index (χ4v) is 3.55. The third kappa shape index (κ3) is 4.41. The van der Waals surface area contributed by atoms with Gasteiger partial charge in [-0.15, -0.1) is 0 Å². The number of hydrogen-bond acceptors (Lipinski definition) is 3. The second kappa shape index (κ2) is 7.73. The molecule has 0 radical (unpaired) electrons. The van der Waals surface area contributed by atoms with Gasteiger partial charge in [0.15, 0.2) is 5.78 Å². The van der Waals surface area contributed by atoms with Crippen LogP contribution in [0, 0.1) is 0 Å². The van der Waals surface area contributed by atoms with Crippen molar-refractivity contribution in [2.24, 2.45) is 0 Å². The zero-order valence-electron chi connectivity index (χ0n) is 13.7. The highest BCUT2D eigenvalue weighted by Crippen LogP contribution is 2.22. The van der Waals surface area contributed by atoms with E-state index in [0.717, 1.165) is 44.3 Å². The Labute approximate surface area is 138 Å². The largest absolute Gasteiger partial charge is 0.352 e. The average molecular weight is 314 g/mol. The maximum atomic E-state index is 12.3. The van der Waals surface area contributed by atoms with Crippen molar-refractivity contribution in [3.8, 4) is 0 Å². The number of benzene rings is 1. The molecule has 1 saturated heterocycles. The number of Topliss-reactive ketones (excluding diaryl/α,β-unsaturated/α-hetero) is 1. The van der Waals surface area contributed by atoms with Crippen molar-refractivity contribution in [1.29, 1.82) is 0 Å². The fraction of sp³-hybridized carbons (Fsp3) is 0.579. The molecule has 1 aliphatic heterocycles. The summed E-state index contributed by atoms with van der Waals surface area (Å²) in [5, 5.41) is 6.30. The summed E-state index contributed by atoms with van der Waals surface area (Å²) in [5.74, 6) is 0.0697. The number of aryl methyl sites for hydroxylation is 2. The van der Waals surface area contributed by atoms with Gasteiger partial charge in [0.05, 0.1) is 0 Å². The maximum Gasteiger partial charge on any atom is 0.220 e. The molecule has 1 fully saturated rings. The number of carbonyl (C=O) groups is 2. The molecule has 1 atom stereocenters. The van der Waals surface area contributed by atoms with Gasteiger partial charge in [-0.25, -0.2) is 0 Å². The van der Waals surface area contributed by atoms with Crippen LogP contribution in [-0.4, -0.2) is 30.8 Å². The van der Waals surface area contributed by atoms with Gasteiger partial charge in [0.1, 0.15) is 0 Å². The van der Waals surface area contributed by atoms with Crippen molar-refractivity contribution in [1.82, 2.24) is 10.6 Å². The first kappa shape index (κ1) is 16.2. The summed E-state index contributed by atoms with van der Waals surface area (Å²) >= 11 is 0. The van der Waals surface area contributed by atoms with Crippen LogP contribution in [0.25, 0.3) is 0 Å². The molecular weight excluding hydrogens is 288 g/mol. The zero-order chi connectivity index (χ0) is 16.1. The number of rotatable bonds is 5. The van der Waals surface area contributed by atoms with Crippen molar-refractivity contribution in [2.75, 3.05) is 13.1 Å². The van der Waals surface area contributed by atoms with E-state index in [1.54, 1.807) is 0 Å². The second-order valence-electron chi connectivity index (χ2n) is 6.72. The Bertz CT molecular complexity index is 577. The minimum atomic E-state index is -0.00925. The summed E-state index contributed by atoms with van der Waals surface area (Å²) in [4.78, 5) is 24.3. The van der Waals surface area contributed by atoms with Gasteiger partial charge in [-0.1, -0.05) is 12.1 Å². The smallest absolute Gasteiger partial charge is 0.220 e. The first-order valence-electron chi connectivity index (χ1n) is 8.87. The van der Waals surface area contributed by atoms with Gasteiger partial charge in [-0.3, -0.25) is 9.59 Å². The number of nitrogens with one attached hydrogen (secondary N) is 2. The molecule has 3 rings (SSSR count). The predicted molar refractivity (Wildman–Crippen MR) is 90.7 cm³/mol. The number of ketones is 1. The van der Waals surface area contributed by atoms with Gasteiger partial charge in [0.2, 0.25) is 5.91 Å². The lowest BCUT2D eigenvalue weighted by molar-refractivity contribution is -0.121. The molecule has 4 heteroatoms. The molecule has 4 nitrogen and oxygen atoms in total. The molecule has 1 aliphatic carbocycles. The summed E-state index contributed by atoms with van der Waals surface area (Å²) in [5.41, 5.74) is 3.47. The molecule has 2 aliphatic rings. The van der Waals surface area contributed by atoms with E-state index in [0.29, 0.717) is 6.42 Å². The van der Waals surface area contributed by atoms with Crippen LogP contribution < -0.4 is 10.6 Å². The van der Waals surface area contributed by atoms with Gasteiger partial charge in [-0.2, -0.15) is 0 Å². The molecule has 0 spiro atoms. The summed E-state index contributed by atoms with van der Waals surface area (Å²) < 4.78 is 0. The zero-order valence-corrected chi connectivity index (χ0v) is 13.7. The Morgan fingerprint density at radius 1 is 1.09 bits per heavy atom. The minimum absolute atomic E-state index is 0.00925. The van der Waals surface area contributed by atoms with Crippen LogP contribution in [0.4, 0.5) is 0 Å². The van der Waals surface area contributed by atoms with E-state index in [1.165, 1.54) is 24.0 Å². The monoisotopic (exact) mass is 314 g/mol. The summed E-state index contributed by atoms with van der Waals surface area (Å²) in [6.45, 7) is 1.87. The highest BCUT2D eigenvalue weighted by Gasteiger charge is 2.17. The van der Waals surface area contributed by atoms with Gasteiger partial charge in [-0.05, 0) is 62.3 Å². The molecule has 23 heavy (non-hydrogen) atoms. The molecule has 0 unspecified atom stereocenters. The van der Waals surface area contributed by atoms with Crippen LogP contribution in [0.15, 0.2) is 18.2 Å². The van der Waals surface area contributed by atoms with Crippen LogP contribution in [-0.2, 0) is 17.6 Å². The SMILES string of the molecule is O=C(CCC(=O)c1ccc2c(c1)CCCC2)N[C@H]1CCCNC1. The van der Waals surface area contributed by atoms with E-state index in [9.17, 15) is 9.59 Å². The van der Waals surface area contributed by atoms with Crippen LogP contribution in [0.1, 0.15) is 60.0 Å². The number of fused-ring (bicyclic) bond motifs is 1. The first-order chi connectivity index (χ1) is 11.2. The Kier molecular flexibility index (Phi) is 5.44. The summed E-state index contributed by atoms with van der Waals surface area (Å²) in [7, 11) is 0. The normalized spacial score (nSPS) is 20.6. The predicted octanol–water partition coefficient (Wildman–Crippen LogP) is 2.40. The fourth-order valence-electron chi connectivity index (χ4n) is 3.55. The van der Waals surface area contributed by atoms with E-state index < -0.39 is 0 Å². The van der Waals surface area contributed by atoms with E-state index in [2.05, 4.69) is 16.7 Å². The topological polar surface area (TPSA) is 58.2 Å². The van der Waals surface area contributed by atoms with Gasteiger partial charge in [0, 0.05) is 31.0 Å². The minimum Gasteiger partial charge on any atom is -0.352 e. The maximum absolute atomic E-state index is 12.3. The quantitative estimate of drug-likeness (QED) is 0.821. The number of carbonyl (C=O) groups excluding carboxylic acids is 2. The molecule has 1 heterocycles. The van der Waals surface area contributed by atoms with E-state index in [-0.39, 0.29) is 24.2 Å². The second-order valence-corrected chi connectivity index (χ2v) is 6.72. The molecule has 0 saturated carbocycles. The van der Waals surface area contributed by atoms with Crippen molar-refractivity contribution in [3.63, 3.8) is 0 Å². The van der Waals surface area contributed by atoms with Gasteiger partial charge < -0.3 is 10.6 Å². The van der Waals surface area contributed by atoms with Crippen molar-refractivity contribution >= 4 is 11.7 Å². The van der Waals surface area contributed by atoms with Crippen molar-refractivity contribution < 1.29 is 9.59 Å². The molecule has 124 valence electrons. The Balaban J connectivity index is 1.49. The molecular formula is C19H26N2O2. The van der Waals surface area contributed by atoms with Crippen LogP contribution in [0.5, 0.6) is 0 Å². The highest BCUT2D eigenvalue weighted by atomic mass is 16.2. The lowest BCUT2D eigenvalue weighted by Crippen LogP contribution is -2.45. The lowest BCUT2D eigenvalue weighted by Gasteiger charge is -2.23. The van der Waals surface area contributed by atoms with Crippen LogP contribution in [0.3, 0.4) is 0 Å².